The van der Waals surface area contributed by atoms with Crippen molar-refractivity contribution < 1.29 is 24.5 Å². The first kappa shape index (κ1) is 69.9. The molecule has 0 saturated carbocycles. The first-order valence-electron chi connectivity index (χ1n) is 32.8. The summed E-state index contributed by atoms with van der Waals surface area (Å²) in [6.07, 6.45) is 72.6. The van der Waals surface area contributed by atoms with Gasteiger partial charge in [-0.3, -0.25) is 9.59 Å². The third-order valence-electron chi connectivity index (χ3n) is 15.7. The van der Waals surface area contributed by atoms with Gasteiger partial charge in [-0.2, -0.15) is 0 Å². The summed E-state index contributed by atoms with van der Waals surface area (Å²) in [6, 6.07) is -0.549. The minimum Gasteiger partial charge on any atom is -0.466 e. The Morgan fingerprint density at radius 2 is 0.577 bits per heavy atom. The van der Waals surface area contributed by atoms with Crippen LogP contribution in [0, 0.1) is 0 Å². The lowest BCUT2D eigenvalue weighted by Crippen LogP contribution is -2.45. The van der Waals surface area contributed by atoms with Crippen LogP contribution < -0.4 is 5.32 Å². The van der Waals surface area contributed by atoms with Crippen molar-refractivity contribution in [2.75, 3.05) is 13.2 Å². The van der Waals surface area contributed by atoms with Crippen LogP contribution in [0.25, 0.3) is 0 Å². The molecule has 0 heterocycles. The van der Waals surface area contributed by atoms with Gasteiger partial charge in [0.15, 0.2) is 0 Å². The standard InChI is InChI=1S/C65H129NO5/c1-3-5-7-9-11-13-15-17-19-21-23-24-25-26-27-29-33-37-41-45-49-53-57-63(68)62(61-67)66-64(69)58-54-50-46-42-38-34-31-32-36-40-44-48-52-56-60-71-65(70)59-55-51-47-43-39-35-30-28-22-20-18-16-14-12-10-8-6-4-2/h62-63,67-68H,3-61H2,1-2H3,(H,66,69). The number of carbonyl (C=O) groups is 2. The van der Waals surface area contributed by atoms with E-state index in [1.807, 2.05) is 0 Å². The van der Waals surface area contributed by atoms with Gasteiger partial charge in [-0.1, -0.05) is 341 Å². The van der Waals surface area contributed by atoms with E-state index < -0.39 is 12.1 Å². The highest BCUT2D eigenvalue weighted by Gasteiger charge is 2.20. The van der Waals surface area contributed by atoms with Crippen LogP contribution in [0.15, 0.2) is 0 Å². The van der Waals surface area contributed by atoms with Crippen molar-refractivity contribution in [3.63, 3.8) is 0 Å². The quantitative estimate of drug-likeness (QED) is 0.0417. The predicted octanol–water partition coefficient (Wildman–Crippen LogP) is 20.6. The van der Waals surface area contributed by atoms with E-state index in [9.17, 15) is 19.8 Å². The molecule has 1 amide bonds. The van der Waals surface area contributed by atoms with Crippen LogP contribution in [-0.4, -0.2) is 47.4 Å². The summed E-state index contributed by atoms with van der Waals surface area (Å²) < 4.78 is 5.50. The molecule has 0 aliphatic rings. The Hall–Kier alpha value is -1.14. The Balaban J connectivity index is 3.40. The first-order chi connectivity index (χ1) is 35.0. The van der Waals surface area contributed by atoms with Gasteiger partial charge in [0.1, 0.15) is 0 Å². The van der Waals surface area contributed by atoms with E-state index in [-0.39, 0.29) is 18.5 Å². The fraction of sp³-hybridized carbons (Fsp3) is 0.969. The first-order valence-corrected chi connectivity index (χ1v) is 32.8. The lowest BCUT2D eigenvalue weighted by Gasteiger charge is -2.22. The topological polar surface area (TPSA) is 95.9 Å². The summed E-state index contributed by atoms with van der Waals surface area (Å²) in [5, 5.41) is 23.4. The predicted molar refractivity (Wildman–Crippen MR) is 310 cm³/mol. The Morgan fingerprint density at radius 3 is 0.859 bits per heavy atom. The summed E-state index contributed by atoms with van der Waals surface area (Å²) in [5.74, 6) is -0.0360. The molecule has 0 rings (SSSR count). The lowest BCUT2D eigenvalue weighted by molar-refractivity contribution is -0.143. The number of aliphatic hydroxyl groups is 2. The molecule has 71 heavy (non-hydrogen) atoms. The Labute approximate surface area is 445 Å². The molecule has 424 valence electrons. The number of nitrogens with one attached hydrogen (secondary N) is 1. The molecule has 3 N–H and O–H groups in total. The molecule has 0 aromatic heterocycles. The summed E-state index contributed by atoms with van der Waals surface area (Å²) >= 11 is 0. The second-order valence-corrected chi connectivity index (χ2v) is 22.8. The van der Waals surface area contributed by atoms with Crippen molar-refractivity contribution in [2.24, 2.45) is 0 Å². The van der Waals surface area contributed by atoms with Crippen LogP contribution in [-0.2, 0) is 14.3 Å². The minimum absolute atomic E-state index is 0.00400. The molecule has 0 saturated heterocycles. The third kappa shape index (κ3) is 58.0. The highest BCUT2D eigenvalue weighted by atomic mass is 16.5. The highest BCUT2D eigenvalue weighted by Crippen LogP contribution is 2.19. The van der Waals surface area contributed by atoms with Crippen LogP contribution in [0.3, 0.4) is 0 Å². The van der Waals surface area contributed by atoms with Gasteiger partial charge in [-0.15, -0.1) is 0 Å². The zero-order chi connectivity index (χ0) is 51.4. The molecule has 0 aliphatic carbocycles. The van der Waals surface area contributed by atoms with Gasteiger partial charge in [-0.05, 0) is 25.7 Å². The summed E-state index contributed by atoms with van der Waals surface area (Å²) in [7, 11) is 0. The molecule has 0 spiro atoms. The number of hydrogen-bond acceptors (Lipinski definition) is 5. The Morgan fingerprint density at radius 1 is 0.338 bits per heavy atom. The molecular weight excluding hydrogens is 875 g/mol. The molecular formula is C65H129NO5. The maximum absolute atomic E-state index is 12.5. The number of carbonyl (C=O) groups excluding carboxylic acids is 2. The molecule has 0 aliphatic heterocycles. The van der Waals surface area contributed by atoms with Crippen molar-refractivity contribution in [1.29, 1.82) is 0 Å². The van der Waals surface area contributed by atoms with E-state index in [0.717, 1.165) is 51.4 Å². The Kier molecular flexibility index (Phi) is 60.4. The van der Waals surface area contributed by atoms with Gasteiger partial charge < -0.3 is 20.3 Å². The van der Waals surface area contributed by atoms with Crippen LogP contribution >= 0.6 is 0 Å². The second-order valence-electron chi connectivity index (χ2n) is 22.8. The number of hydrogen-bond donors (Lipinski definition) is 3. The van der Waals surface area contributed by atoms with E-state index in [0.29, 0.717) is 25.9 Å². The molecule has 2 unspecified atom stereocenters. The molecule has 2 atom stereocenters. The van der Waals surface area contributed by atoms with Gasteiger partial charge >= 0.3 is 5.97 Å². The average molecular weight is 1000 g/mol. The van der Waals surface area contributed by atoms with Crippen LogP contribution in [0.5, 0.6) is 0 Å². The van der Waals surface area contributed by atoms with Crippen LogP contribution in [0.2, 0.25) is 0 Å². The fourth-order valence-electron chi connectivity index (χ4n) is 10.6. The van der Waals surface area contributed by atoms with Crippen molar-refractivity contribution in [2.45, 2.75) is 392 Å². The molecule has 0 fully saturated rings. The highest BCUT2D eigenvalue weighted by molar-refractivity contribution is 5.76. The smallest absolute Gasteiger partial charge is 0.305 e. The molecule has 6 heteroatoms. The van der Waals surface area contributed by atoms with E-state index in [1.54, 1.807) is 0 Å². The van der Waals surface area contributed by atoms with Gasteiger partial charge in [0.25, 0.3) is 0 Å². The lowest BCUT2D eigenvalue weighted by atomic mass is 10.0. The molecule has 0 radical (unpaired) electrons. The number of unbranched alkanes of at least 4 members (excludes halogenated alkanes) is 51. The number of amides is 1. The molecule has 0 bridgehead atoms. The van der Waals surface area contributed by atoms with Crippen molar-refractivity contribution in [3.8, 4) is 0 Å². The Bertz CT molecular complexity index is 1020. The van der Waals surface area contributed by atoms with Gasteiger partial charge in [-0.25, -0.2) is 0 Å². The third-order valence-corrected chi connectivity index (χ3v) is 15.7. The van der Waals surface area contributed by atoms with Crippen LogP contribution in [0.4, 0.5) is 0 Å². The average Bonchev–Trinajstić information content (AvgIpc) is 3.37. The normalized spacial score (nSPS) is 12.5. The maximum atomic E-state index is 12.5. The summed E-state index contributed by atoms with van der Waals surface area (Å²) in [6.45, 7) is 4.98. The number of aliphatic hydroxyl groups excluding tert-OH is 2. The zero-order valence-corrected chi connectivity index (χ0v) is 48.5. The summed E-state index contributed by atoms with van der Waals surface area (Å²) in [4.78, 5) is 24.6. The van der Waals surface area contributed by atoms with E-state index >= 15 is 0 Å². The van der Waals surface area contributed by atoms with Gasteiger partial charge in [0.05, 0.1) is 25.4 Å². The SMILES string of the molecule is CCCCCCCCCCCCCCCCCCCCCCCCC(O)C(CO)NC(=O)CCCCCCCCCCCCCCCCOC(=O)CCCCCCCCCCCCCCCCCCCC. The van der Waals surface area contributed by atoms with E-state index in [4.69, 9.17) is 4.74 Å². The largest absolute Gasteiger partial charge is 0.466 e. The van der Waals surface area contributed by atoms with Gasteiger partial charge in [0, 0.05) is 12.8 Å². The second kappa shape index (κ2) is 61.4. The van der Waals surface area contributed by atoms with Gasteiger partial charge in [0.2, 0.25) is 5.91 Å². The summed E-state index contributed by atoms with van der Waals surface area (Å²) in [5.41, 5.74) is 0. The molecule has 0 aromatic rings. The zero-order valence-electron chi connectivity index (χ0n) is 48.5. The fourth-order valence-corrected chi connectivity index (χ4v) is 10.6. The van der Waals surface area contributed by atoms with Crippen molar-refractivity contribution in [3.05, 3.63) is 0 Å². The van der Waals surface area contributed by atoms with E-state index in [1.165, 1.54) is 295 Å². The molecule has 6 nitrogen and oxygen atoms in total. The van der Waals surface area contributed by atoms with Crippen molar-refractivity contribution in [1.82, 2.24) is 5.32 Å². The monoisotopic (exact) mass is 1000 g/mol. The number of ether oxygens (including phenoxy) is 1. The number of esters is 1. The minimum atomic E-state index is -0.671. The molecule has 0 aromatic carbocycles. The number of rotatable bonds is 62. The van der Waals surface area contributed by atoms with Crippen LogP contribution in [0.1, 0.15) is 380 Å². The van der Waals surface area contributed by atoms with Crippen molar-refractivity contribution >= 4 is 11.9 Å². The van der Waals surface area contributed by atoms with E-state index in [2.05, 4.69) is 19.2 Å². The maximum Gasteiger partial charge on any atom is 0.305 e.